The van der Waals surface area contributed by atoms with E-state index in [2.05, 4.69) is 12.1 Å². The molecule has 19 heavy (non-hydrogen) atoms. The van der Waals surface area contributed by atoms with Crippen molar-refractivity contribution in [2.24, 2.45) is 0 Å². The molecule has 0 unspecified atom stereocenters. The molecule has 0 saturated carbocycles. The van der Waals surface area contributed by atoms with Gasteiger partial charge in [0.05, 0.1) is 9.79 Å². The predicted octanol–water partition coefficient (Wildman–Crippen LogP) is 0.954. The molecule has 7 heteroatoms. The smallest absolute Gasteiger partial charge is 0.206 e. The van der Waals surface area contributed by atoms with Gasteiger partial charge in [0.15, 0.2) is 0 Å². The van der Waals surface area contributed by atoms with Crippen molar-refractivity contribution in [3.63, 3.8) is 0 Å². The number of nitrogens with one attached hydrogen (secondary N) is 1. The third-order valence-corrected chi connectivity index (χ3v) is 5.70. The molecule has 2 radical (unpaired) electrons. The number of rotatable bonds is 4. The van der Waals surface area contributed by atoms with Crippen LogP contribution >= 0.6 is 0 Å². The zero-order chi connectivity index (χ0) is 13.9. The van der Waals surface area contributed by atoms with Crippen LogP contribution in [0.4, 0.5) is 0 Å². The van der Waals surface area contributed by atoms with E-state index in [0.717, 1.165) is 0 Å². The molecule has 1 N–H and O–H groups in total. The number of hydrogen-bond donors (Lipinski definition) is 1. The van der Waals surface area contributed by atoms with E-state index >= 15 is 0 Å². The summed E-state index contributed by atoms with van der Waals surface area (Å²) in [6, 6.07) is 16.0. The van der Waals surface area contributed by atoms with E-state index in [9.17, 15) is 16.8 Å². The maximum Gasteiger partial charge on any atom is 0.253 e. The summed E-state index contributed by atoms with van der Waals surface area (Å²) in [4.78, 5) is -0.336. The van der Waals surface area contributed by atoms with Crippen LogP contribution in [0.25, 0.3) is 0 Å². The molecule has 0 aliphatic heterocycles. The van der Waals surface area contributed by atoms with Gasteiger partial charge in [-0.25, -0.2) is 16.8 Å². The Labute approximate surface area is 112 Å². The van der Waals surface area contributed by atoms with Crippen LogP contribution in [-0.2, 0) is 20.0 Å². The lowest BCUT2D eigenvalue weighted by atomic mass is 10.4. The molecule has 2 aromatic carbocycles. The van der Waals surface area contributed by atoms with Crippen molar-refractivity contribution in [3.8, 4) is 0 Å². The normalized spacial score (nSPS) is 12.2. The Bertz CT molecular complexity index is 686. The van der Waals surface area contributed by atoms with E-state index in [1.54, 1.807) is 4.13 Å². The van der Waals surface area contributed by atoms with E-state index in [-0.39, 0.29) is 9.79 Å². The van der Waals surface area contributed by atoms with Crippen LogP contribution < -0.4 is 4.13 Å². The number of sulfonamides is 2. The fraction of sp³-hybridized carbons (Fsp3) is 0. The Morgan fingerprint density at radius 2 is 1.21 bits per heavy atom. The van der Waals surface area contributed by atoms with Gasteiger partial charge in [0, 0.05) is 0 Å². The van der Waals surface area contributed by atoms with Gasteiger partial charge in [-0.1, -0.05) is 24.3 Å². The summed E-state index contributed by atoms with van der Waals surface area (Å²) in [5, 5.41) is 0. The van der Waals surface area contributed by atoms with Gasteiger partial charge in [0.1, 0.15) is 0 Å². The third kappa shape index (κ3) is 3.19. The lowest BCUT2D eigenvalue weighted by molar-refractivity contribution is 0.577. The summed E-state index contributed by atoms with van der Waals surface area (Å²) in [6.07, 6.45) is 0. The van der Waals surface area contributed by atoms with Gasteiger partial charge in [-0.2, -0.15) is 0 Å². The van der Waals surface area contributed by atoms with Crippen molar-refractivity contribution >= 4 is 20.0 Å². The molecular weight excluding hydrogens is 286 g/mol. The quantitative estimate of drug-likeness (QED) is 0.911. The van der Waals surface area contributed by atoms with E-state index in [4.69, 9.17) is 0 Å². The Kier molecular flexibility index (Phi) is 3.70. The zero-order valence-corrected chi connectivity index (χ0v) is 11.2. The van der Waals surface area contributed by atoms with Gasteiger partial charge >= 0.3 is 0 Å². The van der Waals surface area contributed by atoms with Crippen molar-refractivity contribution in [2.75, 3.05) is 0 Å². The van der Waals surface area contributed by atoms with Crippen LogP contribution in [0.2, 0.25) is 0 Å². The molecule has 0 saturated heterocycles. The van der Waals surface area contributed by atoms with Crippen molar-refractivity contribution in [1.29, 1.82) is 0 Å². The third-order valence-electron chi connectivity index (χ3n) is 2.20. The number of benzene rings is 2. The van der Waals surface area contributed by atoms with E-state index in [1.807, 2.05) is 0 Å². The van der Waals surface area contributed by atoms with Gasteiger partial charge in [0.2, 0.25) is 0 Å². The van der Waals surface area contributed by atoms with Gasteiger partial charge in [-0.05, 0) is 36.4 Å². The first kappa shape index (κ1) is 13.7. The van der Waals surface area contributed by atoms with Gasteiger partial charge in [0.25, 0.3) is 20.0 Å². The second-order valence-corrected chi connectivity index (χ2v) is 7.19. The summed E-state index contributed by atoms with van der Waals surface area (Å²) in [6.45, 7) is 0. The van der Waals surface area contributed by atoms with Crippen LogP contribution in [0.15, 0.2) is 58.3 Å². The monoisotopic (exact) mass is 295 g/mol. The molecule has 5 nitrogen and oxygen atoms in total. The second-order valence-electron chi connectivity index (χ2n) is 3.57. The van der Waals surface area contributed by atoms with Gasteiger partial charge in [-0.3, -0.25) is 0 Å². The fourth-order valence-corrected chi connectivity index (χ4v) is 4.22. The first-order valence-electron chi connectivity index (χ1n) is 5.13. The lowest BCUT2D eigenvalue weighted by Gasteiger charge is -2.07. The van der Waals surface area contributed by atoms with Crippen LogP contribution in [0.3, 0.4) is 0 Å². The molecule has 0 fully saturated rings. The molecule has 0 bridgehead atoms. The minimum absolute atomic E-state index is 0.168. The topological polar surface area (TPSA) is 80.3 Å². The summed E-state index contributed by atoms with van der Waals surface area (Å²) >= 11 is 0. The minimum Gasteiger partial charge on any atom is -0.206 e. The average Bonchev–Trinajstić information content (AvgIpc) is 2.40. The highest BCUT2D eigenvalue weighted by molar-refractivity contribution is 8.04. The zero-order valence-electron chi connectivity index (χ0n) is 9.57. The molecule has 0 atom stereocenters. The van der Waals surface area contributed by atoms with Gasteiger partial charge < -0.3 is 0 Å². The number of hydrogen-bond acceptors (Lipinski definition) is 4. The first-order valence-corrected chi connectivity index (χ1v) is 8.09. The van der Waals surface area contributed by atoms with Crippen LogP contribution in [0.1, 0.15) is 0 Å². The highest BCUT2D eigenvalue weighted by Gasteiger charge is 2.23. The van der Waals surface area contributed by atoms with E-state index in [0.29, 0.717) is 0 Å². The molecule has 98 valence electrons. The molecule has 0 spiro atoms. The van der Waals surface area contributed by atoms with Crippen molar-refractivity contribution in [1.82, 2.24) is 4.13 Å². The van der Waals surface area contributed by atoms with Crippen LogP contribution in [0, 0.1) is 12.1 Å². The Morgan fingerprint density at radius 3 is 1.53 bits per heavy atom. The average molecular weight is 295 g/mol. The van der Waals surface area contributed by atoms with Crippen molar-refractivity contribution < 1.29 is 16.8 Å². The standard InChI is InChI=1S/C12H9NO4S2/c14-18(15,11-7-3-1-4-8-11)13-19(16,17)12-9-5-2-6-10-12/h1-3,5,7-10,13H. The molecule has 0 aromatic heterocycles. The van der Waals surface area contributed by atoms with Crippen LogP contribution in [-0.4, -0.2) is 16.8 Å². The summed E-state index contributed by atoms with van der Waals surface area (Å²) in [7, 11) is -8.30. The molecule has 0 amide bonds. The second kappa shape index (κ2) is 5.12. The molecule has 0 aliphatic carbocycles. The molecular formula is C12H9NO4S2. The van der Waals surface area contributed by atoms with E-state index < -0.39 is 20.0 Å². The SMILES string of the molecule is O=S(=O)(NS(=O)(=O)c1c[c]ccc1)c1c[c]ccc1. The lowest BCUT2D eigenvalue weighted by Crippen LogP contribution is -2.30. The first-order chi connectivity index (χ1) is 8.92. The Balaban J connectivity index is 2.37. The van der Waals surface area contributed by atoms with E-state index in [1.165, 1.54) is 48.5 Å². The minimum atomic E-state index is -4.15. The van der Waals surface area contributed by atoms with Crippen LogP contribution in [0.5, 0.6) is 0 Å². The summed E-state index contributed by atoms with van der Waals surface area (Å²) < 4.78 is 49.3. The molecule has 0 heterocycles. The fourth-order valence-electron chi connectivity index (χ4n) is 1.33. The summed E-state index contributed by atoms with van der Waals surface area (Å²) in [5.74, 6) is 0. The maximum atomic E-state index is 11.9. The maximum absolute atomic E-state index is 11.9. The molecule has 2 rings (SSSR count). The Morgan fingerprint density at radius 1 is 0.789 bits per heavy atom. The van der Waals surface area contributed by atoms with Crippen molar-refractivity contribution in [2.45, 2.75) is 9.79 Å². The Hall–Kier alpha value is -1.70. The molecule has 2 aromatic rings. The van der Waals surface area contributed by atoms with Gasteiger partial charge in [-0.15, -0.1) is 4.13 Å². The highest BCUT2D eigenvalue weighted by atomic mass is 32.3. The largest absolute Gasteiger partial charge is 0.253 e. The highest BCUT2D eigenvalue weighted by Crippen LogP contribution is 2.12. The summed E-state index contributed by atoms with van der Waals surface area (Å²) in [5.41, 5.74) is 0. The predicted molar refractivity (Wildman–Crippen MR) is 68.1 cm³/mol. The molecule has 0 aliphatic rings. The van der Waals surface area contributed by atoms with Crippen molar-refractivity contribution in [3.05, 3.63) is 60.7 Å².